The lowest BCUT2D eigenvalue weighted by molar-refractivity contribution is -0.0837. The Morgan fingerprint density at radius 2 is 1.81 bits per heavy atom. The maximum atomic E-state index is 13.2. The monoisotopic (exact) mass is 606 g/mol. The van der Waals surface area contributed by atoms with Gasteiger partial charge >= 0.3 is 12.0 Å². The summed E-state index contributed by atoms with van der Waals surface area (Å²) in [6, 6.07) is 14.1. The quantitative estimate of drug-likeness (QED) is 0.221. The molecule has 0 spiro atoms. The molecule has 2 saturated heterocycles. The Bertz CT molecular complexity index is 1670. The van der Waals surface area contributed by atoms with E-state index in [4.69, 9.17) is 37.2 Å². The van der Waals surface area contributed by atoms with E-state index in [2.05, 4.69) is 15.5 Å². The minimum atomic E-state index is -0.406. The van der Waals surface area contributed by atoms with E-state index < -0.39 is 5.97 Å². The van der Waals surface area contributed by atoms with Crippen molar-refractivity contribution in [3.63, 3.8) is 0 Å². The second kappa shape index (κ2) is 10.9. The van der Waals surface area contributed by atoms with Gasteiger partial charge in [-0.25, -0.2) is 14.6 Å². The maximum Gasteiger partial charge on any atom is 0.337 e. The molecule has 2 aliphatic heterocycles. The van der Waals surface area contributed by atoms with Crippen molar-refractivity contribution in [3.8, 4) is 11.3 Å². The Hall–Kier alpha value is -3.66. The third-order valence-corrected chi connectivity index (χ3v) is 9.04. The van der Waals surface area contributed by atoms with E-state index in [9.17, 15) is 9.59 Å². The summed E-state index contributed by atoms with van der Waals surface area (Å²) in [7, 11) is 1.35. The Labute approximate surface area is 252 Å². The molecule has 2 bridgehead atoms. The summed E-state index contributed by atoms with van der Waals surface area (Å²) < 4.78 is 17.0. The molecule has 216 valence electrons. The fourth-order valence-electron chi connectivity index (χ4n) is 6.16. The lowest BCUT2D eigenvalue weighted by Gasteiger charge is -2.54. The first-order valence-electron chi connectivity index (χ1n) is 14.0. The summed E-state index contributed by atoms with van der Waals surface area (Å²) in [5.41, 5.74) is 3.33. The number of hydrogen-bond donors (Lipinski definition) is 1. The number of methoxy groups -OCH3 is 1. The van der Waals surface area contributed by atoms with Crippen LogP contribution in [0.15, 0.2) is 53.1 Å². The number of carbonyl (C=O) groups is 2. The zero-order chi connectivity index (χ0) is 29.0. The first-order valence-corrected chi connectivity index (χ1v) is 14.8. The molecule has 2 unspecified atom stereocenters. The van der Waals surface area contributed by atoms with Crippen LogP contribution in [0.4, 0.5) is 10.6 Å². The van der Waals surface area contributed by atoms with Gasteiger partial charge in [-0.2, -0.15) is 0 Å². The third-order valence-electron chi connectivity index (χ3n) is 8.41. The number of esters is 1. The topological polar surface area (TPSA) is 107 Å². The van der Waals surface area contributed by atoms with Gasteiger partial charge in [0, 0.05) is 34.5 Å². The van der Waals surface area contributed by atoms with E-state index in [1.165, 1.54) is 7.11 Å². The van der Waals surface area contributed by atoms with E-state index in [1.54, 1.807) is 42.5 Å². The number of rotatable bonds is 7. The average Bonchev–Trinajstić information content (AvgIpc) is 3.75. The number of benzene rings is 2. The summed E-state index contributed by atoms with van der Waals surface area (Å²) in [4.78, 5) is 31.5. The zero-order valence-electron chi connectivity index (χ0n) is 22.8. The van der Waals surface area contributed by atoms with E-state index in [-0.39, 0.29) is 24.2 Å². The number of urea groups is 1. The van der Waals surface area contributed by atoms with Gasteiger partial charge in [0.05, 0.1) is 40.9 Å². The van der Waals surface area contributed by atoms with Gasteiger partial charge in [0.25, 0.3) is 0 Å². The minimum absolute atomic E-state index is 0.0112. The number of nitrogens with zero attached hydrogens (tertiary/aromatic N) is 3. The predicted octanol–water partition coefficient (Wildman–Crippen LogP) is 7.21. The van der Waals surface area contributed by atoms with Crippen molar-refractivity contribution in [2.75, 3.05) is 12.4 Å². The second-order valence-corrected chi connectivity index (χ2v) is 11.9. The minimum Gasteiger partial charge on any atom is -0.465 e. The van der Waals surface area contributed by atoms with Crippen LogP contribution in [0.5, 0.6) is 0 Å². The maximum absolute atomic E-state index is 13.2. The largest absolute Gasteiger partial charge is 0.465 e. The van der Waals surface area contributed by atoms with Crippen LogP contribution in [0.2, 0.25) is 10.0 Å². The van der Waals surface area contributed by atoms with Crippen LogP contribution in [-0.2, 0) is 16.1 Å². The van der Waals surface area contributed by atoms with Gasteiger partial charge in [-0.15, -0.1) is 0 Å². The highest BCUT2D eigenvalue weighted by Crippen LogP contribution is 2.47. The van der Waals surface area contributed by atoms with Gasteiger partial charge in [-0.05, 0) is 74.6 Å². The molecule has 4 aliphatic rings. The predicted molar refractivity (Wildman–Crippen MR) is 158 cm³/mol. The first kappa shape index (κ1) is 27.2. The van der Waals surface area contributed by atoms with Crippen molar-refractivity contribution >= 4 is 51.9 Å². The molecule has 8 rings (SSSR count). The Balaban J connectivity index is 1.00. The van der Waals surface area contributed by atoms with Crippen LogP contribution in [0.3, 0.4) is 0 Å². The SMILES string of the molecule is COC(=O)c1ccc2nc(NC(=O)N3C4CC(OCc5c(-c6c(Cl)cccc6Cl)noc5C5CC5)CC3C4)ccc2c1. The van der Waals surface area contributed by atoms with Gasteiger partial charge < -0.3 is 18.9 Å². The number of fused-ring (bicyclic) bond motifs is 3. The number of halogens is 2. The number of piperidine rings is 1. The molecule has 4 heterocycles. The van der Waals surface area contributed by atoms with Crippen molar-refractivity contribution in [2.45, 2.75) is 62.8 Å². The van der Waals surface area contributed by atoms with Crippen LogP contribution in [0.25, 0.3) is 22.2 Å². The molecule has 2 aromatic heterocycles. The Morgan fingerprint density at radius 1 is 1.05 bits per heavy atom. The van der Waals surface area contributed by atoms with Crippen LogP contribution < -0.4 is 5.32 Å². The highest BCUT2D eigenvalue weighted by atomic mass is 35.5. The fourth-order valence-corrected chi connectivity index (χ4v) is 6.73. The molecule has 2 aliphatic carbocycles. The number of anilines is 1. The van der Waals surface area contributed by atoms with Crippen molar-refractivity contribution in [3.05, 3.63) is 75.5 Å². The number of ether oxygens (including phenoxy) is 2. The summed E-state index contributed by atoms with van der Waals surface area (Å²) in [5, 5.41) is 9.13. The summed E-state index contributed by atoms with van der Waals surface area (Å²) in [6.07, 6.45) is 4.59. The molecule has 2 saturated carbocycles. The van der Waals surface area contributed by atoms with Crippen LogP contribution in [0.1, 0.15) is 59.7 Å². The van der Waals surface area contributed by atoms with Gasteiger partial charge in [0.1, 0.15) is 17.3 Å². The number of nitrogens with one attached hydrogen (secondary N) is 1. The van der Waals surface area contributed by atoms with Crippen LogP contribution >= 0.6 is 23.2 Å². The number of amides is 2. The number of pyridine rings is 1. The molecule has 2 amide bonds. The number of hydrogen-bond acceptors (Lipinski definition) is 7. The van der Waals surface area contributed by atoms with Crippen molar-refractivity contribution in [1.82, 2.24) is 15.0 Å². The molecule has 0 radical (unpaired) electrons. The molecule has 2 aromatic carbocycles. The molecular weight excluding hydrogens is 579 g/mol. The molecular formula is C31H28Cl2N4O5. The van der Waals surface area contributed by atoms with Gasteiger partial charge in [0.2, 0.25) is 0 Å². The number of aromatic nitrogens is 2. The van der Waals surface area contributed by atoms with E-state index in [0.717, 1.165) is 48.8 Å². The molecule has 11 heteroatoms. The van der Waals surface area contributed by atoms with Crippen LogP contribution in [0, 0.1) is 0 Å². The second-order valence-electron chi connectivity index (χ2n) is 11.1. The van der Waals surface area contributed by atoms with Crippen molar-refractivity contribution in [2.24, 2.45) is 0 Å². The number of carbonyl (C=O) groups excluding carboxylic acids is 2. The zero-order valence-corrected chi connectivity index (χ0v) is 24.3. The van der Waals surface area contributed by atoms with Gasteiger partial charge in [-0.1, -0.05) is 34.4 Å². The third kappa shape index (κ3) is 4.99. The highest BCUT2D eigenvalue weighted by molar-refractivity contribution is 6.39. The lowest BCUT2D eigenvalue weighted by Crippen LogP contribution is -2.65. The van der Waals surface area contributed by atoms with E-state index >= 15 is 0 Å². The molecule has 2 atom stereocenters. The van der Waals surface area contributed by atoms with Gasteiger partial charge in [-0.3, -0.25) is 5.32 Å². The average molecular weight is 607 g/mol. The summed E-state index contributed by atoms with van der Waals surface area (Å²) in [6.45, 7) is 0.348. The van der Waals surface area contributed by atoms with E-state index in [0.29, 0.717) is 50.7 Å². The lowest BCUT2D eigenvalue weighted by atomic mass is 9.78. The van der Waals surface area contributed by atoms with Crippen molar-refractivity contribution < 1.29 is 23.6 Å². The Morgan fingerprint density at radius 3 is 2.52 bits per heavy atom. The first-order chi connectivity index (χ1) is 20.4. The summed E-state index contributed by atoms with van der Waals surface area (Å²) >= 11 is 13.0. The summed E-state index contributed by atoms with van der Waals surface area (Å²) in [5.74, 6) is 1.26. The molecule has 9 nitrogen and oxygen atoms in total. The normalized spacial score (nSPS) is 21.2. The Kier molecular flexibility index (Phi) is 7.04. The van der Waals surface area contributed by atoms with E-state index in [1.807, 2.05) is 11.0 Å². The molecule has 4 fully saturated rings. The van der Waals surface area contributed by atoms with Crippen molar-refractivity contribution in [1.29, 1.82) is 0 Å². The van der Waals surface area contributed by atoms with Gasteiger partial charge in [0.15, 0.2) is 0 Å². The molecule has 4 aromatic rings. The highest BCUT2D eigenvalue weighted by Gasteiger charge is 2.48. The fraction of sp³-hybridized carbons (Fsp3) is 0.355. The van der Waals surface area contributed by atoms with Crippen LogP contribution in [-0.4, -0.2) is 52.3 Å². The standard InChI is InChI=1S/C31H28Cl2N4O5/c1-40-30(38)18-7-9-25-17(11-18)8-10-26(34-25)35-31(39)37-19-12-20(37)14-21(13-19)41-15-22-28(36-42-29(22)16-5-6-16)27-23(32)3-2-4-24(27)33/h2-4,7-11,16,19-21H,5-6,12-15H2,1H3,(H,34,35,39). The smallest absolute Gasteiger partial charge is 0.337 e. The molecule has 1 N–H and O–H groups in total. The molecule has 42 heavy (non-hydrogen) atoms.